The Morgan fingerprint density at radius 1 is 1.22 bits per heavy atom. The number of nitrogens with two attached hydrogens (primary N) is 1. The maximum absolute atomic E-state index is 13.8. The van der Waals surface area contributed by atoms with Gasteiger partial charge in [-0.25, -0.2) is 4.99 Å². The lowest BCUT2D eigenvalue weighted by atomic mass is 9.86. The molecule has 2 atom stereocenters. The van der Waals surface area contributed by atoms with Gasteiger partial charge < -0.3 is 10.6 Å². The number of carbonyl (C=O) groups excluding carboxylic acids is 1. The normalized spacial score (nSPS) is 21.1. The number of carbonyl (C=O) groups is 1. The molecule has 2 aliphatic rings. The van der Waals surface area contributed by atoms with Gasteiger partial charge in [0.25, 0.3) is 5.91 Å². The Hall–Kier alpha value is -1.49. The van der Waals surface area contributed by atoms with Crippen molar-refractivity contribution in [1.29, 1.82) is 0 Å². The third-order valence-corrected chi connectivity index (χ3v) is 6.92. The summed E-state index contributed by atoms with van der Waals surface area (Å²) in [7, 11) is 0. The van der Waals surface area contributed by atoms with Crippen molar-refractivity contribution < 1.29 is 4.79 Å². The van der Waals surface area contributed by atoms with Gasteiger partial charge in [0.2, 0.25) is 0 Å². The summed E-state index contributed by atoms with van der Waals surface area (Å²) in [6.07, 6.45) is 10.1. The highest BCUT2D eigenvalue weighted by Gasteiger charge is 2.50. The van der Waals surface area contributed by atoms with E-state index in [0.29, 0.717) is 22.3 Å². The molecule has 1 aromatic carbocycles. The van der Waals surface area contributed by atoms with E-state index in [1.807, 2.05) is 17.0 Å². The molecule has 1 aliphatic carbocycles. The predicted octanol–water partition coefficient (Wildman–Crippen LogP) is 6.80. The fourth-order valence-corrected chi connectivity index (χ4v) is 5.47. The number of allylic oxidation sites excluding steroid dienone is 3. The van der Waals surface area contributed by atoms with Crippen LogP contribution in [-0.2, 0) is 10.7 Å². The molecule has 32 heavy (non-hydrogen) atoms. The second-order valence-corrected chi connectivity index (χ2v) is 10.0. The van der Waals surface area contributed by atoms with E-state index < -0.39 is 11.0 Å². The Morgan fingerprint density at radius 2 is 1.88 bits per heavy atom. The lowest BCUT2D eigenvalue weighted by molar-refractivity contribution is -0.132. The zero-order valence-corrected chi connectivity index (χ0v) is 21.1. The van der Waals surface area contributed by atoms with Crippen LogP contribution in [0.3, 0.4) is 0 Å². The first kappa shape index (κ1) is 25.1. The van der Waals surface area contributed by atoms with Crippen molar-refractivity contribution in [2.24, 2.45) is 10.7 Å². The van der Waals surface area contributed by atoms with Gasteiger partial charge in [0.1, 0.15) is 11.4 Å². The molecular weight excluding hydrogens is 465 g/mol. The van der Waals surface area contributed by atoms with Crippen molar-refractivity contribution >= 4 is 46.4 Å². The van der Waals surface area contributed by atoms with Crippen LogP contribution in [0.4, 0.5) is 0 Å². The molecule has 3 rings (SSSR count). The molecule has 1 fully saturated rings. The van der Waals surface area contributed by atoms with E-state index in [9.17, 15) is 4.79 Å². The fourth-order valence-electron chi connectivity index (χ4n) is 4.77. The highest BCUT2D eigenvalue weighted by atomic mass is 35.5. The fraction of sp³-hybridized carbons (Fsp3) is 0.520. The van der Waals surface area contributed by atoms with E-state index >= 15 is 0 Å². The minimum Gasteiger partial charge on any atom is -0.397 e. The Morgan fingerprint density at radius 3 is 2.44 bits per heavy atom. The van der Waals surface area contributed by atoms with E-state index in [1.54, 1.807) is 19.1 Å². The van der Waals surface area contributed by atoms with E-state index in [1.165, 1.54) is 0 Å². The van der Waals surface area contributed by atoms with Gasteiger partial charge >= 0.3 is 0 Å². The summed E-state index contributed by atoms with van der Waals surface area (Å²) in [5, 5.41) is 0.0661. The highest BCUT2D eigenvalue weighted by molar-refractivity contribution is 6.46. The second-order valence-electron chi connectivity index (χ2n) is 8.68. The van der Waals surface area contributed by atoms with Crippen molar-refractivity contribution in [3.8, 4) is 0 Å². The van der Waals surface area contributed by atoms with Crippen LogP contribution in [0.15, 0.2) is 52.1 Å². The van der Waals surface area contributed by atoms with Crippen LogP contribution in [0, 0.1) is 0 Å². The third kappa shape index (κ3) is 5.52. The summed E-state index contributed by atoms with van der Waals surface area (Å²) in [6, 6.07) is 8.17. The molecule has 0 saturated heterocycles. The molecule has 1 spiro atoms. The van der Waals surface area contributed by atoms with Crippen LogP contribution in [0.25, 0.3) is 0 Å². The van der Waals surface area contributed by atoms with Gasteiger partial charge in [-0.3, -0.25) is 4.79 Å². The average Bonchev–Trinajstić information content (AvgIpc) is 3.03. The molecule has 1 heterocycles. The van der Waals surface area contributed by atoms with Gasteiger partial charge in [-0.15, -0.1) is 23.2 Å². The van der Waals surface area contributed by atoms with Crippen LogP contribution in [0.1, 0.15) is 76.0 Å². The Labute approximate surface area is 206 Å². The molecule has 1 aromatic rings. The first-order valence-corrected chi connectivity index (χ1v) is 12.7. The topological polar surface area (TPSA) is 58.7 Å². The summed E-state index contributed by atoms with van der Waals surface area (Å²) in [5.41, 5.74) is 8.61. The summed E-state index contributed by atoms with van der Waals surface area (Å²) in [4.78, 5) is 20.8. The number of hydrogen-bond acceptors (Lipinski definition) is 3. The van der Waals surface area contributed by atoms with Crippen LogP contribution in [0.2, 0.25) is 0 Å². The largest absolute Gasteiger partial charge is 0.397 e. The van der Waals surface area contributed by atoms with Crippen molar-refractivity contribution in [3.63, 3.8) is 0 Å². The SMILES string of the molecule is CCCC(c1ccc(CCl)cc1)N1C(=O)C(/C(N)=C/C(Cl)/C=C(\C)Cl)=NC12CCCCC2. The van der Waals surface area contributed by atoms with E-state index in [2.05, 4.69) is 19.1 Å². The molecule has 2 N–H and O–H groups in total. The van der Waals surface area contributed by atoms with Crippen molar-refractivity contribution in [2.45, 2.75) is 81.8 Å². The number of amides is 1. The lowest BCUT2D eigenvalue weighted by Gasteiger charge is -2.44. The molecule has 0 radical (unpaired) electrons. The quantitative estimate of drug-likeness (QED) is 0.402. The number of aliphatic imine (C=N–C) groups is 1. The Kier molecular flexibility index (Phi) is 8.71. The minimum absolute atomic E-state index is 0.0687. The Balaban J connectivity index is 2.02. The average molecular weight is 497 g/mol. The summed E-state index contributed by atoms with van der Waals surface area (Å²) in [6.45, 7) is 3.89. The van der Waals surface area contributed by atoms with Crippen LogP contribution in [-0.4, -0.2) is 27.6 Å². The van der Waals surface area contributed by atoms with Gasteiger partial charge in [0.05, 0.1) is 17.1 Å². The number of alkyl halides is 2. The van der Waals surface area contributed by atoms with Crippen molar-refractivity contribution in [2.75, 3.05) is 0 Å². The molecule has 4 nitrogen and oxygen atoms in total. The predicted molar refractivity (Wildman–Crippen MR) is 135 cm³/mol. The Bertz CT molecular complexity index is 898. The number of hydrogen-bond donors (Lipinski definition) is 1. The van der Waals surface area contributed by atoms with E-state index in [4.69, 9.17) is 45.5 Å². The molecule has 1 aliphatic heterocycles. The molecule has 1 amide bonds. The van der Waals surface area contributed by atoms with Gasteiger partial charge in [0.15, 0.2) is 0 Å². The summed E-state index contributed by atoms with van der Waals surface area (Å²) >= 11 is 18.3. The first-order chi connectivity index (χ1) is 15.3. The highest BCUT2D eigenvalue weighted by Crippen LogP contribution is 2.45. The van der Waals surface area contributed by atoms with Gasteiger partial charge in [-0.2, -0.15) is 0 Å². The molecular formula is C25H32Cl3N3O. The maximum Gasteiger partial charge on any atom is 0.276 e. The van der Waals surface area contributed by atoms with Crippen LogP contribution < -0.4 is 5.73 Å². The van der Waals surface area contributed by atoms with E-state index in [-0.39, 0.29) is 11.9 Å². The number of nitrogens with zero attached hydrogens (tertiary/aromatic N) is 2. The van der Waals surface area contributed by atoms with Gasteiger partial charge in [-0.1, -0.05) is 55.6 Å². The summed E-state index contributed by atoms with van der Waals surface area (Å²) in [5.74, 6) is 0.353. The van der Waals surface area contributed by atoms with Gasteiger partial charge in [-0.05, 0) is 62.3 Å². The second kappa shape index (κ2) is 11.1. The number of rotatable bonds is 8. The maximum atomic E-state index is 13.8. The molecule has 174 valence electrons. The third-order valence-electron chi connectivity index (χ3n) is 6.24. The molecule has 0 bridgehead atoms. The molecule has 2 unspecified atom stereocenters. The lowest BCUT2D eigenvalue weighted by Crippen LogP contribution is -2.50. The van der Waals surface area contributed by atoms with Crippen LogP contribution >= 0.6 is 34.8 Å². The smallest absolute Gasteiger partial charge is 0.276 e. The first-order valence-electron chi connectivity index (χ1n) is 11.3. The molecule has 0 aromatic heterocycles. The zero-order valence-electron chi connectivity index (χ0n) is 18.8. The zero-order chi connectivity index (χ0) is 23.3. The van der Waals surface area contributed by atoms with E-state index in [0.717, 1.165) is 56.1 Å². The van der Waals surface area contributed by atoms with Crippen molar-refractivity contribution in [3.05, 3.63) is 58.3 Å². The van der Waals surface area contributed by atoms with Gasteiger partial charge in [0, 0.05) is 10.9 Å². The number of halogens is 3. The standard InChI is InChI=1S/C25H32Cl3N3O/c1-3-7-22(19-10-8-18(16-26)9-11-19)31-24(32)23(21(29)15-20(28)14-17(2)27)30-25(31)12-5-4-6-13-25/h8-11,14-15,20,22H,3-7,12-13,16,29H2,1-2H3/b17-14+,21-15-. The molecule has 1 saturated carbocycles. The number of benzene rings is 1. The monoisotopic (exact) mass is 495 g/mol. The van der Waals surface area contributed by atoms with Crippen molar-refractivity contribution in [1.82, 2.24) is 4.90 Å². The summed E-state index contributed by atoms with van der Waals surface area (Å²) < 4.78 is 0. The van der Waals surface area contributed by atoms with Crippen LogP contribution in [0.5, 0.6) is 0 Å². The molecule has 7 heteroatoms. The minimum atomic E-state index is -0.547.